The van der Waals surface area contributed by atoms with Gasteiger partial charge in [0.25, 0.3) is 0 Å². The number of ether oxygens (including phenoxy) is 1. The van der Waals surface area contributed by atoms with Crippen LogP contribution in [-0.2, 0) is 4.74 Å². The minimum absolute atomic E-state index is 0.0274. The van der Waals surface area contributed by atoms with Gasteiger partial charge in [-0.15, -0.1) is 0 Å². The molecule has 0 spiro atoms. The first-order chi connectivity index (χ1) is 8.49. The molecule has 0 saturated heterocycles. The van der Waals surface area contributed by atoms with E-state index in [1.165, 1.54) is 32.1 Å². The lowest BCUT2D eigenvalue weighted by molar-refractivity contribution is -0.00539. The molecule has 0 radical (unpaired) electrons. The Morgan fingerprint density at radius 3 is 2.28 bits per heavy atom. The summed E-state index contributed by atoms with van der Waals surface area (Å²) in [5, 5.41) is 0. The zero-order valence-corrected chi connectivity index (χ0v) is 12.8. The Morgan fingerprint density at radius 2 is 1.83 bits per heavy atom. The van der Waals surface area contributed by atoms with Crippen LogP contribution in [0.3, 0.4) is 0 Å². The van der Waals surface area contributed by atoms with Crippen LogP contribution in [0.4, 0.5) is 0 Å². The van der Waals surface area contributed by atoms with Crippen LogP contribution in [0.5, 0.6) is 0 Å². The van der Waals surface area contributed by atoms with Gasteiger partial charge in [0, 0.05) is 25.7 Å². The first kappa shape index (κ1) is 15.9. The lowest BCUT2D eigenvalue weighted by Crippen LogP contribution is -2.53. The molecule has 3 heteroatoms. The van der Waals surface area contributed by atoms with Crippen LogP contribution in [0.25, 0.3) is 0 Å². The topological polar surface area (TPSA) is 38.5 Å². The molecule has 0 amide bonds. The minimum Gasteiger partial charge on any atom is -0.379 e. The number of rotatable bonds is 8. The van der Waals surface area contributed by atoms with Gasteiger partial charge in [-0.25, -0.2) is 0 Å². The van der Waals surface area contributed by atoms with E-state index in [2.05, 4.69) is 25.7 Å². The Hall–Kier alpha value is -0.120. The third kappa shape index (κ3) is 3.94. The molecule has 0 atom stereocenters. The second kappa shape index (κ2) is 6.88. The van der Waals surface area contributed by atoms with Crippen molar-refractivity contribution in [3.63, 3.8) is 0 Å². The summed E-state index contributed by atoms with van der Waals surface area (Å²) in [5.74, 6) is 0. The first-order valence-corrected chi connectivity index (χ1v) is 7.50. The number of methoxy groups -OCH3 is 1. The minimum atomic E-state index is -0.0274. The van der Waals surface area contributed by atoms with Gasteiger partial charge in [0.1, 0.15) is 0 Å². The van der Waals surface area contributed by atoms with Crippen molar-refractivity contribution in [3.05, 3.63) is 0 Å². The third-order valence-electron chi connectivity index (χ3n) is 4.61. The van der Waals surface area contributed by atoms with Crippen molar-refractivity contribution in [3.8, 4) is 0 Å². The van der Waals surface area contributed by atoms with Gasteiger partial charge in [-0.1, -0.05) is 19.8 Å². The van der Waals surface area contributed by atoms with Gasteiger partial charge >= 0.3 is 0 Å². The molecule has 1 saturated carbocycles. The quantitative estimate of drug-likeness (QED) is 0.726. The molecule has 0 unspecified atom stereocenters. The second-order valence-electron chi connectivity index (χ2n) is 6.34. The van der Waals surface area contributed by atoms with Crippen molar-refractivity contribution in [2.75, 3.05) is 26.7 Å². The van der Waals surface area contributed by atoms with Gasteiger partial charge in [-0.05, 0) is 46.1 Å². The predicted octanol–water partition coefficient (Wildman–Crippen LogP) is 2.79. The summed E-state index contributed by atoms with van der Waals surface area (Å²) in [7, 11) is 1.80. The largest absolute Gasteiger partial charge is 0.379 e. The smallest absolute Gasteiger partial charge is 0.0634 e. The Kier molecular flexibility index (Phi) is 6.09. The van der Waals surface area contributed by atoms with Gasteiger partial charge in [0.15, 0.2) is 0 Å². The third-order valence-corrected chi connectivity index (χ3v) is 4.61. The Balaban J connectivity index is 2.63. The highest BCUT2D eigenvalue weighted by atomic mass is 16.5. The summed E-state index contributed by atoms with van der Waals surface area (Å²) in [6.07, 6.45) is 7.50. The van der Waals surface area contributed by atoms with Crippen LogP contribution in [0.2, 0.25) is 0 Å². The highest BCUT2D eigenvalue weighted by molar-refractivity contribution is 4.96. The van der Waals surface area contributed by atoms with Crippen LogP contribution >= 0.6 is 0 Å². The Morgan fingerprint density at radius 1 is 1.22 bits per heavy atom. The van der Waals surface area contributed by atoms with Crippen molar-refractivity contribution in [2.45, 2.75) is 70.4 Å². The highest BCUT2D eigenvalue weighted by Gasteiger charge is 2.38. The molecule has 1 aliphatic carbocycles. The van der Waals surface area contributed by atoms with Crippen LogP contribution in [0.1, 0.15) is 59.3 Å². The van der Waals surface area contributed by atoms with Crippen LogP contribution in [0, 0.1) is 0 Å². The van der Waals surface area contributed by atoms with Crippen molar-refractivity contribution < 1.29 is 4.74 Å². The second-order valence-corrected chi connectivity index (χ2v) is 6.34. The molecule has 1 aliphatic rings. The molecule has 18 heavy (non-hydrogen) atoms. The molecule has 1 rings (SSSR count). The van der Waals surface area contributed by atoms with Crippen LogP contribution in [-0.4, -0.2) is 42.8 Å². The molecule has 0 aromatic carbocycles. The highest BCUT2D eigenvalue weighted by Crippen LogP contribution is 2.35. The molecule has 0 aliphatic heterocycles. The molecule has 0 aromatic rings. The zero-order valence-electron chi connectivity index (χ0n) is 12.8. The average molecular weight is 256 g/mol. The monoisotopic (exact) mass is 256 g/mol. The van der Waals surface area contributed by atoms with Gasteiger partial charge in [0.2, 0.25) is 0 Å². The standard InChI is InChI=1S/C15H32N2O/c1-5-11-17(12-10-14(2,3)18-4)15(13-16)8-6-7-9-15/h5-13,16H2,1-4H3. The van der Waals surface area contributed by atoms with E-state index >= 15 is 0 Å². The SMILES string of the molecule is CCCN(CCC(C)(C)OC)C1(CN)CCCC1. The maximum atomic E-state index is 6.10. The molecule has 2 N–H and O–H groups in total. The van der Waals surface area contributed by atoms with Crippen molar-refractivity contribution in [1.82, 2.24) is 4.90 Å². The average Bonchev–Trinajstić information content (AvgIpc) is 2.84. The fraction of sp³-hybridized carbons (Fsp3) is 1.00. The lowest BCUT2D eigenvalue weighted by atomic mass is 9.93. The maximum absolute atomic E-state index is 6.10. The molecule has 1 fully saturated rings. The fourth-order valence-electron chi connectivity index (χ4n) is 3.04. The van der Waals surface area contributed by atoms with E-state index in [4.69, 9.17) is 10.5 Å². The van der Waals surface area contributed by atoms with Gasteiger partial charge < -0.3 is 10.5 Å². The summed E-state index contributed by atoms with van der Waals surface area (Å²) in [6.45, 7) is 9.67. The van der Waals surface area contributed by atoms with E-state index < -0.39 is 0 Å². The number of nitrogens with two attached hydrogens (primary N) is 1. The molecular formula is C15H32N2O. The Labute approximate surface area is 113 Å². The predicted molar refractivity (Wildman–Crippen MR) is 77.8 cm³/mol. The molecule has 108 valence electrons. The first-order valence-electron chi connectivity index (χ1n) is 7.50. The van der Waals surface area contributed by atoms with E-state index in [0.29, 0.717) is 0 Å². The van der Waals surface area contributed by atoms with Crippen molar-refractivity contribution >= 4 is 0 Å². The maximum Gasteiger partial charge on any atom is 0.0634 e. The Bertz CT molecular complexity index is 235. The van der Waals surface area contributed by atoms with E-state index in [-0.39, 0.29) is 11.1 Å². The normalized spacial score (nSPS) is 19.7. The number of hydrogen-bond acceptors (Lipinski definition) is 3. The number of nitrogens with zero attached hydrogens (tertiary/aromatic N) is 1. The molecule has 0 heterocycles. The van der Waals surface area contributed by atoms with Crippen molar-refractivity contribution in [2.24, 2.45) is 5.73 Å². The fourth-order valence-corrected chi connectivity index (χ4v) is 3.04. The summed E-state index contributed by atoms with van der Waals surface area (Å²) < 4.78 is 5.54. The van der Waals surface area contributed by atoms with E-state index in [9.17, 15) is 0 Å². The van der Waals surface area contributed by atoms with Gasteiger partial charge in [0.05, 0.1) is 5.60 Å². The summed E-state index contributed by atoms with van der Waals surface area (Å²) >= 11 is 0. The number of hydrogen-bond donors (Lipinski definition) is 1. The summed E-state index contributed by atoms with van der Waals surface area (Å²) in [4.78, 5) is 2.64. The van der Waals surface area contributed by atoms with Crippen LogP contribution in [0.15, 0.2) is 0 Å². The molecule has 3 nitrogen and oxygen atoms in total. The van der Waals surface area contributed by atoms with Gasteiger partial charge in [-0.3, -0.25) is 4.90 Å². The van der Waals surface area contributed by atoms with E-state index in [0.717, 1.165) is 26.1 Å². The zero-order chi connectivity index (χ0) is 13.6. The van der Waals surface area contributed by atoms with Crippen LogP contribution < -0.4 is 5.73 Å². The van der Waals surface area contributed by atoms with Crippen molar-refractivity contribution in [1.29, 1.82) is 0 Å². The molecule has 0 aromatic heterocycles. The van der Waals surface area contributed by atoms with Gasteiger partial charge in [-0.2, -0.15) is 0 Å². The van der Waals surface area contributed by atoms with E-state index in [1.807, 2.05) is 0 Å². The summed E-state index contributed by atoms with van der Waals surface area (Å²) in [6, 6.07) is 0. The molecule has 0 bridgehead atoms. The lowest BCUT2D eigenvalue weighted by Gasteiger charge is -2.42. The summed E-state index contributed by atoms with van der Waals surface area (Å²) in [5.41, 5.74) is 6.35. The molecular weight excluding hydrogens is 224 g/mol. The van der Waals surface area contributed by atoms with E-state index in [1.54, 1.807) is 7.11 Å².